The molecule has 2 aromatic rings. The van der Waals surface area contributed by atoms with Gasteiger partial charge in [-0.25, -0.2) is 4.99 Å². The van der Waals surface area contributed by atoms with Crippen molar-refractivity contribution < 1.29 is 19.8 Å². The number of rotatable bonds is 8. The van der Waals surface area contributed by atoms with Crippen molar-refractivity contribution >= 4 is 51.9 Å². The number of piperazine rings is 1. The van der Waals surface area contributed by atoms with Crippen molar-refractivity contribution in [1.29, 1.82) is 0 Å². The monoisotopic (exact) mass is 713 g/mol. The highest BCUT2D eigenvalue weighted by Crippen LogP contribution is 2.56. The lowest BCUT2D eigenvalue weighted by atomic mass is 9.81. The number of amides is 2. The van der Waals surface area contributed by atoms with E-state index in [2.05, 4.69) is 30.6 Å². The third-order valence-electron chi connectivity index (χ3n) is 10.3. The summed E-state index contributed by atoms with van der Waals surface area (Å²) < 4.78 is 0. The summed E-state index contributed by atoms with van der Waals surface area (Å²) in [4.78, 5) is 42.8. The maximum Gasteiger partial charge on any atom is 0.263 e. The van der Waals surface area contributed by atoms with Gasteiger partial charge in [0.05, 0.1) is 18.8 Å². The van der Waals surface area contributed by atoms with E-state index < -0.39 is 17.7 Å². The quantitative estimate of drug-likeness (QED) is 0.373. The number of likely N-dealkylation sites (tertiary alicyclic amines) is 1. The number of aliphatic hydroxyl groups is 2. The molecule has 48 heavy (non-hydrogen) atoms. The van der Waals surface area contributed by atoms with Crippen LogP contribution in [-0.4, -0.2) is 104 Å². The molecule has 0 radical (unpaired) electrons. The fourth-order valence-corrected chi connectivity index (χ4v) is 9.36. The first-order valence-electron chi connectivity index (χ1n) is 16.8. The number of benzene rings is 2. The van der Waals surface area contributed by atoms with E-state index in [-0.39, 0.29) is 42.5 Å². The fraction of sp³-hybridized carbons (Fsp3) is 0.528. The molecule has 12 heteroatoms. The number of nitrogens with zero attached hydrogens (tertiary/aromatic N) is 5. The van der Waals surface area contributed by atoms with E-state index in [0.29, 0.717) is 47.6 Å². The van der Waals surface area contributed by atoms with Crippen molar-refractivity contribution in [3.05, 3.63) is 80.3 Å². The second-order valence-electron chi connectivity index (χ2n) is 14.0. The molecule has 0 aromatic heterocycles. The van der Waals surface area contributed by atoms with Crippen LogP contribution in [0.5, 0.6) is 0 Å². The van der Waals surface area contributed by atoms with Crippen molar-refractivity contribution in [3.8, 4) is 0 Å². The standard InChI is InChI=1S/C36H45Cl2N5O4S/c1-21(2)30-31(34(47)42-22(3)6-15-29(42)33(46)41-17-16-40(23(4)18-41)19-28(45)20-44)48-35-39-36(5,25-9-13-27(38)14-10-25)32(43(30)35)24-7-11-26(37)12-8-24/h7-14,21-23,28-29,32,44-45H,6,15-20H2,1-5H3/t22-,23-,28+,29+,32-,36+/m1/s1. The molecule has 258 valence electrons. The highest BCUT2D eigenvalue weighted by Gasteiger charge is 2.54. The molecule has 9 nitrogen and oxygen atoms in total. The molecule has 2 fully saturated rings. The van der Waals surface area contributed by atoms with E-state index in [0.717, 1.165) is 28.4 Å². The molecule has 0 spiro atoms. The SMILES string of the molecule is CC(C)C1=C(C(=O)N2[C@H](C)CC[C@H]2C(=O)N2CCN(C[C@H](O)CO)[C@H](C)C2)SC2=N[C@@](C)(c3ccc(Cl)cc3)[C@@H](c3ccc(Cl)cc3)N21. The van der Waals surface area contributed by atoms with Gasteiger partial charge in [0.25, 0.3) is 5.91 Å². The van der Waals surface area contributed by atoms with Crippen LogP contribution >= 0.6 is 35.0 Å². The largest absolute Gasteiger partial charge is 0.394 e. The molecule has 2 aromatic carbocycles. The van der Waals surface area contributed by atoms with E-state index in [4.69, 9.17) is 28.2 Å². The van der Waals surface area contributed by atoms with Crippen LogP contribution in [0.15, 0.2) is 64.1 Å². The van der Waals surface area contributed by atoms with Crippen LogP contribution in [0, 0.1) is 5.92 Å². The van der Waals surface area contributed by atoms with Gasteiger partial charge in [-0.05, 0) is 86.7 Å². The summed E-state index contributed by atoms with van der Waals surface area (Å²) in [5.41, 5.74) is 2.30. The zero-order valence-electron chi connectivity index (χ0n) is 28.1. The normalized spacial score (nSPS) is 28.4. The number of aliphatic imine (C=N–C) groups is 1. The third kappa shape index (κ3) is 6.40. The second kappa shape index (κ2) is 14.0. The summed E-state index contributed by atoms with van der Waals surface area (Å²) in [6.07, 6.45) is 0.557. The second-order valence-corrected chi connectivity index (χ2v) is 15.8. The first-order valence-corrected chi connectivity index (χ1v) is 18.4. The number of hydrogen-bond donors (Lipinski definition) is 2. The number of amidine groups is 1. The van der Waals surface area contributed by atoms with Gasteiger partial charge in [0.1, 0.15) is 16.5 Å². The van der Waals surface area contributed by atoms with E-state index >= 15 is 0 Å². The summed E-state index contributed by atoms with van der Waals surface area (Å²) in [7, 11) is 0. The smallest absolute Gasteiger partial charge is 0.263 e. The van der Waals surface area contributed by atoms with Gasteiger partial charge >= 0.3 is 0 Å². The average molecular weight is 715 g/mol. The zero-order chi connectivity index (χ0) is 34.5. The van der Waals surface area contributed by atoms with Crippen molar-refractivity contribution in [1.82, 2.24) is 19.6 Å². The molecular weight excluding hydrogens is 669 g/mol. The Balaban J connectivity index is 1.31. The number of aliphatic hydroxyl groups excluding tert-OH is 2. The van der Waals surface area contributed by atoms with Gasteiger partial charge in [0.15, 0.2) is 5.17 Å². The summed E-state index contributed by atoms with van der Waals surface area (Å²) in [6.45, 7) is 12.1. The molecule has 4 aliphatic rings. The Morgan fingerprint density at radius 1 is 1.00 bits per heavy atom. The summed E-state index contributed by atoms with van der Waals surface area (Å²) in [5.74, 6) is -0.143. The molecule has 6 rings (SSSR count). The topological polar surface area (TPSA) is 99.9 Å². The molecule has 0 bridgehead atoms. The van der Waals surface area contributed by atoms with Gasteiger partial charge in [-0.2, -0.15) is 0 Å². The fourth-order valence-electron chi connectivity index (χ4n) is 7.76. The average Bonchev–Trinajstić information content (AvgIpc) is 3.71. The Kier molecular flexibility index (Phi) is 10.2. The zero-order valence-corrected chi connectivity index (χ0v) is 30.5. The van der Waals surface area contributed by atoms with Crippen molar-refractivity contribution in [3.63, 3.8) is 0 Å². The van der Waals surface area contributed by atoms with E-state index in [1.54, 1.807) is 0 Å². The molecule has 2 amide bonds. The lowest BCUT2D eigenvalue weighted by molar-refractivity contribution is -0.145. The molecule has 0 unspecified atom stereocenters. The van der Waals surface area contributed by atoms with Gasteiger partial charge < -0.3 is 24.9 Å². The number of carbonyl (C=O) groups is 2. The van der Waals surface area contributed by atoms with E-state index in [1.165, 1.54) is 11.8 Å². The first kappa shape index (κ1) is 35.2. The first-order chi connectivity index (χ1) is 22.8. The van der Waals surface area contributed by atoms with Crippen LogP contribution in [0.4, 0.5) is 0 Å². The molecule has 0 aliphatic carbocycles. The van der Waals surface area contributed by atoms with Gasteiger partial charge in [0, 0.05) is 54.0 Å². The van der Waals surface area contributed by atoms with Crippen LogP contribution in [0.25, 0.3) is 0 Å². The van der Waals surface area contributed by atoms with Gasteiger partial charge in [-0.15, -0.1) is 0 Å². The lowest BCUT2D eigenvalue weighted by Gasteiger charge is -2.42. The molecule has 6 atom stereocenters. The molecule has 0 saturated carbocycles. The minimum absolute atomic E-state index is 0.00165. The molecule has 2 N–H and O–H groups in total. The number of carbonyl (C=O) groups excluding carboxylic acids is 2. The number of halogens is 2. The summed E-state index contributed by atoms with van der Waals surface area (Å²) in [6, 6.07) is 14.8. The van der Waals surface area contributed by atoms with E-state index in [9.17, 15) is 19.8 Å². The maximum atomic E-state index is 14.7. The Labute approximate surface area is 297 Å². The van der Waals surface area contributed by atoms with Crippen LogP contribution in [-0.2, 0) is 15.1 Å². The lowest BCUT2D eigenvalue weighted by Crippen LogP contribution is -2.59. The third-order valence-corrected chi connectivity index (χ3v) is 11.8. The Bertz CT molecular complexity index is 1600. The number of hydrogen-bond acceptors (Lipinski definition) is 8. The Hall–Kier alpha value is -2.60. The molecule has 4 heterocycles. The van der Waals surface area contributed by atoms with Crippen LogP contribution in [0.1, 0.15) is 64.6 Å². The number of allylic oxidation sites excluding steroid dienone is 1. The van der Waals surface area contributed by atoms with Gasteiger partial charge in [-0.3, -0.25) is 14.5 Å². The van der Waals surface area contributed by atoms with Crippen LogP contribution < -0.4 is 0 Å². The minimum Gasteiger partial charge on any atom is -0.394 e. The molecule has 2 saturated heterocycles. The van der Waals surface area contributed by atoms with Crippen molar-refractivity contribution in [2.45, 2.75) is 83.3 Å². The Morgan fingerprint density at radius 2 is 1.65 bits per heavy atom. The number of β-amino-alcohol motifs (C(OH)–C–C–N with tert-alkyl or cyclic N) is 1. The van der Waals surface area contributed by atoms with Crippen LogP contribution in [0.2, 0.25) is 10.0 Å². The predicted molar refractivity (Wildman–Crippen MR) is 192 cm³/mol. The minimum atomic E-state index is -0.811. The number of fused-ring (bicyclic) bond motifs is 1. The molecule has 4 aliphatic heterocycles. The highest BCUT2D eigenvalue weighted by molar-refractivity contribution is 8.18. The molecular formula is C36H45Cl2N5O4S. The van der Waals surface area contributed by atoms with Gasteiger partial charge in [-0.1, -0.05) is 61.3 Å². The number of thioether (sulfide) groups is 1. The van der Waals surface area contributed by atoms with Crippen molar-refractivity contribution in [2.75, 3.05) is 32.8 Å². The highest BCUT2D eigenvalue weighted by atomic mass is 35.5. The summed E-state index contributed by atoms with van der Waals surface area (Å²) in [5, 5.41) is 21.3. The predicted octanol–water partition coefficient (Wildman–Crippen LogP) is 5.50. The van der Waals surface area contributed by atoms with Crippen molar-refractivity contribution in [2.24, 2.45) is 10.9 Å². The van der Waals surface area contributed by atoms with E-state index in [1.807, 2.05) is 72.2 Å². The Morgan fingerprint density at radius 3 is 2.25 bits per heavy atom. The van der Waals surface area contributed by atoms with Gasteiger partial charge in [0.2, 0.25) is 5.91 Å². The summed E-state index contributed by atoms with van der Waals surface area (Å²) >= 11 is 14.0. The van der Waals surface area contributed by atoms with Crippen LogP contribution in [0.3, 0.4) is 0 Å². The maximum absolute atomic E-state index is 14.7.